The second-order valence-corrected chi connectivity index (χ2v) is 3.49. The molecule has 0 aliphatic carbocycles. The molecule has 3 N–H and O–H groups in total. The zero-order valence-electron chi connectivity index (χ0n) is 10.2. The van der Waals surface area contributed by atoms with Gasteiger partial charge in [0.15, 0.2) is 0 Å². The van der Waals surface area contributed by atoms with Gasteiger partial charge in [-0.15, -0.1) is 0 Å². The number of nitrogen functional groups attached to an aromatic ring is 1. The highest BCUT2D eigenvalue weighted by molar-refractivity contribution is 5.97. The van der Waals surface area contributed by atoms with Crippen molar-refractivity contribution in [2.75, 3.05) is 27.4 Å². The SMILES string of the molecule is COCCOCc1ccc(C(=N)N)c(OC)c1. The molecule has 17 heavy (non-hydrogen) atoms. The van der Waals surface area contributed by atoms with E-state index >= 15 is 0 Å². The molecule has 1 aromatic rings. The monoisotopic (exact) mass is 238 g/mol. The summed E-state index contributed by atoms with van der Waals surface area (Å²) in [5.41, 5.74) is 7.00. The summed E-state index contributed by atoms with van der Waals surface area (Å²) >= 11 is 0. The lowest BCUT2D eigenvalue weighted by Crippen LogP contribution is -2.12. The minimum absolute atomic E-state index is 0.00583. The number of nitrogens with two attached hydrogens (primary N) is 1. The predicted octanol–water partition coefficient (Wildman–Crippen LogP) is 1.14. The molecular weight excluding hydrogens is 220 g/mol. The molecule has 0 aromatic heterocycles. The highest BCUT2D eigenvalue weighted by Crippen LogP contribution is 2.20. The van der Waals surface area contributed by atoms with Gasteiger partial charge in [0.25, 0.3) is 0 Å². The number of methoxy groups -OCH3 is 2. The Hall–Kier alpha value is -1.59. The average molecular weight is 238 g/mol. The van der Waals surface area contributed by atoms with Gasteiger partial charge >= 0.3 is 0 Å². The van der Waals surface area contributed by atoms with Gasteiger partial charge in [-0.2, -0.15) is 0 Å². The van der Waals surface area contributed by atoms with E-state index in [1.807, 2.05) is 12.1 Å². The average Bonchev–Trinajstić information content (AvgIpc) is 2.34. The number of ether oxygens (including phenoxy) is 3. The first-order valence-electron chi connectivity index (χ1n) is 5.27. The Morgan fingerprint density at radius 3 is 2.65 bits per heavy atom. The second-order valence-electron chi connectivity index (χ2n) is 3.49. The molecular formula is C12H18N2O3. The highest BCUT2D eigenvalue weighted by atomic mass is 16.5. The van der Waals surface area contributed by atoms with E-state index in [0.717, 1.165) is 5.56 Å². The van der Waals surface area contributed by atoms with Crippen molar-refractivity contribution < 1.29 is 14.2 Å². The molecule has 5 heteroatoms. The van der Waals surface area contributed by atoms with E-state index in [4.69, 9.17) is 25.4 Å². The van der Waals surface area contributed by atoms with E-state index < -0.39 is 0 Å². The summed E-state index contributed by atoms with van der Waals surface area (Å²) in [7, 11) is 3.19. The van der Waals surface area contributed by atoms with Gasteiger partial charge in [0, 0.05) is 7.11 Å². The van der Waals surface area contributed by atoms with Crippen molar-refractivity contribution in [3.63, 3.8) is 0 Å². The number of rotatable bonds is 7. The summed E-state index contributed by atoms with van der Waals surface area (Å²) in [5.74, 6) is 0.582. The van der Waals surface area contributed by atoms with Crippen LogP contribution in [0, 0.1) is 5.41 Å². The third-order valence-electron chi connectivity index (χ3n) is 2.26. The summed E-state index contributed by atoms with van der Waals surface area (Å²) in [6.45, 7) is 1.61. The van der Waals surface area contributed by atoms with E-state index in [2.05, 4.69) is 0 Å². The van der Waals surface area contributed by atoms with Crippen LogP contribution in [-0.2, 0) is 16.1 Å². The molecule has 94 valence electrons. The lowest BCUT2D eigenvalue weighted by atomic mass is 10.1. The maximum atomic E-state index is 7.39. The van der Waals surface area contributed by atoms with E-state index in [1.54, 1.807) is 20.3 Å². The normalized spacial score (nSPS) is 10.2. The van der Waals surface area contributed by atoms with Gasteiger partial charge in [0.1, 0.15) is 11.6 Å². The summed E-state index contributed by atoms with van der Waals surface area (Å²) in [4.78, 5) is 0. The molecule has 0 saturated carbocycles. The molecule has 0 fully saturated rings. The van der Waals surface area contributed by atoms with Crippen molar-refractivity contribution in [2.45, 2.75) is 6.61 Å². The molecule has 0 heterocycles. The highest BCUT2D eigenvalue weighted by Gasteiger charge is 2.06. The number of amidine groups is 1. The first-order chi connectivity index (χ1) is 8.19. The maximum Gasteiger partial charge on any atom is 0.130 e. The van der Waals surface area contributed by atoms with Crippen molar-refractivity contribution in [3.05, 3.63) is 29.3 Å². The molecule has 0 unspecified atom stereocenters. The molecule has 0 amide bonds. The molecule has 0 saturated heterocycles. The molecule has 0 bridgehead atoms. The quantitative estimate of drug-likeness (QED) is 0.424. The fourth-order valence-electron chi connectivity index (χ4n) is 1.38. The van der Waals surface area contributed by atoms with Crippen LogP contribution in [0.25, 0.3) is 0 Å². The molecule has 0 atom stereocenters. The van der Waals surface area contributed by atoms with Crippen molar-refractivity contribution in [2.24, 2.45) is 5.73 Å². The Balaban J connectivity index is 2.66. The van der Waals surface area contributed by atoms with E-state index in [1.165, 1.54) is 0 Å². The summed E-state index contributed by atoms with van der Waals surface area (Å²) in [6, 6.07) is 5.45. The van der Waals surface area contributed by atoms with Gasteiger partial charge in [-0.05, 0) is 17.7 Å². The Morgan fingerprint density at radius 2 is 2.06 bits per heavy atom. The fourth-order valence-corrected chi connectivity index (χ4v) is 1.38. The van der Waals surface area contributed by atoms with E-state index in [0.29, 0.717) is 31.1 Å². The van der Waals surface area contributed by atoms with Crippen LogP contribution in [0.1, 0.15) is 11.1 Å². The smallest absolute Gasteiger partial charge is 0.130 e. The van der Waals surface area contributed by atoms with Gasteiger partial charge in [-0.1, -0.05) is 6.07 Å². The van der Waals surface area contributed by atoms with Crippen LogP contribution in [-0.4, -0.2) is 33.3 Å². The molecule has 5 nitrogen and oxygen atoms in total. The van der Waals surface area contributed by atoms with Crippen LogP contribution in [0.2, 0.25) is 0 Å². The van der Waals surface area contributed by atoms with Gasteiger partial charge in [-0.3, -0.25) is 5.41 Å². The molecule has 1 aromatic carbocycles. The van der Waals surface area contributed by atoms with Crippen LogP contribution in [0.5, 0.6) is 5.75 Å². The maximum absolute atomic E-state index is 7.39. The third kappa shape index (κ3) is 4.05. The number of benzene rings is 1. The minimum atomic E-state index is -0.00583. The van der Waals surface area contributed by atoms with Crippen molar-refractivity contribution >= 4 is 5.84 Å². The number of hydrogen-bond acceptors (Lipinski definition) is 4. The van der Waals surface area contributed by atoms with Crippen molar-refractivity contribution in [1.82, 2.24) is 0 Å². The minimum Gasteiger partial charge on any atom is -0.496 e. The zero-order valence-corrected chi connectivity index (χ0v) is 10.2. The van der Waals surface area contributed by atoms with Gasteiger partial charge in [-0.25, -0.2) is 0 Å². The first kappa shape index (κ1) is 13.5. The number of hydrogen-bond donors (Lipinski definition) is 2. The Labute approximate surface area is 101 Å². The first-order valence-corrected chi connectivity index (χ1v) is 5.27. The Kier molecular flexibility index (Phi) is 5.45. The van der Waals surface area contributed by atoms with E-state index in [9.17, 15) is 0 Å². The van der Waals surface area contributed by atoms with Gasteiger partial charge in [0.05, 0.1) is 32.5 Å². The zero-order chi connectivity index (χ0) is 12.7. The lowest BCUT2D eigenvalue weighted by Gasteiger charge is -2.10. The summed E-state index contributed by atoms with van der Waals surface area (Å²) in [6.07, 6.45) is 0. The Bertz CT molecular complexity index is 380. The van der Waals surface area contributed by atoms with Gasteiger partial charge < -0.3 is 19.9 Å². The van der Waals surface area contributed by atoms with Crippen LogP contribution in [0.15, 0.2) is 18.2 Å². The van der Waals surface area contributed by atoms with Crippen molar-refractivity contribution in [3.8, 4) is 5.75 Å². The lowest BCUT2D eigenvalue weighted by molar-refractivity contribution is 0.0616. The largest absolute Gasteiger partial charge is 0.496 e. The summed E-state index contributed by atoms with van der Waals surface area (Å²) in [5, 5.41) is 7.39. The van der Waals surface area contributed by atoms with Gasteiger partial charge in [0.2, 0.25) is 0 Å². The molecule has 0 aliphatic rings. The molecule has 0 spiro atoms. The summed E-state index contributed by atoms with van der Waals surface area (Å²) < 4.78 is 15.4. The molecule has 0 aliphatic heterocycles. The Morgan fingerprint density at radius 1 is 1.29 bits per heavy atom. The van der Waals surface area contributed by atoms with Crippen LogP contribution >= 0.6 is 0 Å². The van der Waals surface area contributed by atoms with Crippen LogP contribution in [0.4, 0.5) is 0 Å². The molecule has 0 radical (unpaired) electrons. The fraction of sp³-hybridized carbons (Fsp3) is 0.417. The van der Waals surface area contributed by atoms with Crippen LogP contribution in [0.3, 0.4) is 0 Å². The second kappa shape index (κ2) is 6.88. The third-order valence-corrected chi connectivity index (χ3v) is 2.26. The number of nitrogens with one attached hydrogen (secondary N) is 1. The van der Waals surface area contributed by atoms with E-state index in [-0.39, 0.29) is 5.84 Å². The standard InChI is InChI=1S/C12H18N2O3/c1-15-5-6-17-8-9-3-4-10(12(13)14)11(7-9)16-2/h3-4,7H,5-6,8H2,1-2H3,(H3,13,14). The molecule has 1 rings (SSSR count). The van der Waals surface area contributed by atoms with Crippen molar-refractivity contribution in [1.29, 1.82) is 5.41 Å². The predicted molar refractivity (Wildman–Crippen MR) is 65.5 cm³/mol. The topological polar surface area (TPSA) is 77.6 Å². The van der Waals surface area contributed by atoms with Crippen LogP contribution < -0.4 is 10.5 Å².